The largest absolute Gasteiger partial charge is 0.332 e. The van der Waals surface area contributed by atoms with Crippen molar-refractivity contribution in [3.05, 3.63) is 41.5 Å². The van der Waals surface area contributed by atoms with E-state index in [9.17, 15) is 0 Å². The molecule has 1 atom stereocenters. The van der Waals surface area contributed by atoms with Crippen LogP contribution in [0.15, 0.2) is 30.3 Å². The standard InChI is InChI=1S/C15H23NSi.2ClH.Hf/c1-15(2,3)16-17(4,5)14-11-10-12-8-6-7-9-13(12)14;;;/h6-11,14,16H,1-5H3;2*1H;. The predicted octanol–water partition coefficient (Wildman–Crippen LogP) is 4.77. The van der Waals surface area contributed by atoms with Crippen LogP contribution in [-0.2, 0) is 25.8 Å². The van der Waals surface area contributed by atoms with E-state index in [-0.39, 0.29) is 56.2 Å². The molecule has 0 heterocycles. The van der Waals surface area contributed by atoms with E-state index in [2.05, 4.69) is 75.3 Å². The molecule has 0 radical (unpaired) electrons. The molecule has 0 aliphatic heterocycles. The molecule has 0 fully saturated rings. The zero-order valence-corrected chi connectivity index (χ0v) is 19.1. The second-order valence-electron chi connectivity index (χ2n) is 6.56. The molecule has 1 N–H and O–H groups in total. The average Bonchev–Trinajstić information content (AvgIpc) is 2.57. The Morgan fingerprint density at radius 2 is 1.60 bits per heavy atom. The van der Waals surface area contributed by atoms with Crippen molar-refractivity contribution < 1.29 is 25.8 Å². The van der Waals surface area contributed by atoms with Crippen molar-refractivity contribution in [3.8, 4) is 0 Å². The van der Waals surface area contributed by atoms with Crippen LogP contribution in [0.1, 0.15) is 37.4 Å². The van der Waals surface area contributed by atoms with Gasteiger partial charge in [-0.3, -0.25) is 0 Å². The molecule has 1 aromatic carbocycles. The Bertz CT molecular complexity index is 455. The van der Waals surface area contributed by atoms with E-state index in [0.717, 1.165) is 0 Å². The molecular weight excluding hydrogens is 472 g/mol. The molecule has 0 aromatic heterocycles. The summed E-state index contributed by atoms with van der Waals surface area (Å²) in [6.07, 6.45) is 4.66. The number of fused-ring (bicyclic) bond motifs is 1. The Balaban J connectivity index is 0. The van der Waals surface area contributed by atoms with E-state index in [4.69, 9.17) is 0 Å². The molecule has 0 spiro atoms. The summed E-state index contributed by atoms with van der Waals surface area (Å²) in [4.78, 5) is 3.87. The van der Waals surface area contributed by atoms with Crippen LogP contribution < -0.4 is 4.98 Å². The maximum absolute atomic E-state index is 3.87. The molecular formula is C15H25Cl2HfNSi. The Morgan fingerprint density at radius 3 is 2.15 bits per heavy atom. The van der Waals surface area contributed by atoms with Gasteiger partial charge in [-0.25, -0.2) is 0 Å². The number of rotatable bonds is 2. The molecule has 0 amide bonds. The predicted molar refractivity (Wildman–Crippen MR) is 93.1 cm³/mol. The molecule has 0 saturated heterocycles. The van der Waals surface area contributed by atoms with E-state index in [1.165, 1.54) is 11.1 Å². The second kappa shape index (κ2) is 8.28. The normalized spacial score (nSPS) is 16.6. The van der Waals surface area contributed by atoms with Gasteiger partial charge in [0.15, 0.2) is 0 Å². The first-order valence-electron chi connectivity index (χ1n) is 6.36. The summed E-state index contributed by atoms with van der Waals surface area (Å²) in [7, 11) is -1.49. The van der Waals surface area contributed by atoms with Crippen molar-refractivity contribution in [2.45, 2.75) is 44.9 Å². The van der Waals surface area contributed by atoms with Crippen molar-refractivity contribution in [2.75, 3.05) is 0 Å². The fourth-order valence-electron chi connectivity index (χ4n) is 2.92. The number of hydrogen-bond donors (Lipinski definition) is 1. The number of nitrogens with one attached hydrogen (secondary N) is 1. The Kier molecular flexibility index (Phi) is 9.47. The molecule has 1 nitrogen and oxygen atoms in total. The zero-order chi connectivity index (χ0) is 12.7. The summed E-state index contributed by atoms with van der Waals surface area (Å²) in [5.74, 6) is 0. The van der Waals surface area contributed by atoms with E-state index < -0.39 is 8.24 Å². The third-order valence-electron chi connectivity index (χ3n) is 3.27. The summed E-state index contributed by atoms with van der Waals surface area (Å²) in [6, 6.07) is 8.77. The molecule has 0 saturated carbocycles. The Hall–Kier alpha value is 0.587. The van der Waals surface area contributed by atoms with Crippen LogP contribution in [0.2, 0.25) is 13.1 Å². The van der Waals surface area contributed by atoms with Crippen molar-refractivity contribution in [1.29, 1.82) is 0 Å². The molecule has 5 heteroatoms. The fourth-order valence-corrected chi connectivity index (χ4v) is 6.63. The van der Waals surface area contributed by atoms with Crippen molar-refractivity contribution in [1.82, 2.24) is 4.98 Å². The van der Waals surface area contributed by atoms with Gasteiger partial charge in [0.2, 0.25) is 0 Å². The van der Waals surface area contributed by atoms with Crippen LogP contribution in [-0.4, -0.2) is 13.8 Å². The molecule has 20 heavy (non-hydrogen) atoms. The minimum absolute atomic E-state index is 0. The van der Waals surface area contributed by atoms with Gasteiger partial charge in [-0.1, -0.05) is 49.5 Å². The van der Waals surface area contributed by atoms with Crippen LogP contribution in [0.5, 0.6) is 0 Å². The monoisotopic (exact) mass is 497 g/mol. The van der Waals surface area contributed by atoms with Crippen molar-refractivity contribution in [2.24, 2.45) is 0 Å². The Morgan fingerprint density at radius 1 is 1.05 bits per heavy atom. The molecule has 1 aliphatic rings. The fraction of sp³-hybridized carbons (Fsp3) is 0.467. The van der Waals surface area contributed by atoms with Crippen LogP contribution >= 0.6 is 24.8 Å². The first-order valence-corrected chi connectivity index (χ1v) is 9.44. The van der Waals surface area contributed by atoms with Crippen molar-refractivity contribution >= 4 is 39.1 Å². The van der Waals surface area contributed by atoms with Gasteiger partial charge in [0, 0.05) is 36.9 Å². The van der Waals surface area contributed by atoms with E-state index in [0.29, 0.717) is 5.54 Å². The minimum Gasteiger partial charge on any atom is -0.332 e. The number of halogens is 2. The van der Waals surface area contributed by atoms with Crippen LogP contribution in [0, 0.1) is 0 Å². The molecule has 1 aliphatic carbocycles. The maximum Gasteiger partial charge on any atom is 0.131 e. The molecule has 2 rings (SSSR count). The molecule has 112 valence electrons. The molecule has 0 bridgehead atoms. The van der Waals surface area contributed by atoms with E-state index >= 15 is 0 Å². The topological polar surface area (TPSA) is 12.0 Å². The summed E-state index contributed by atoms with van der Waals surface area (Å²) in [6.45, 7) is 11.6. The van der Waals surface area contributed by atoms with E-state index in [1.807, 2.05) is 0 Å². The SMILES string of the molecule is CC(C)(C)N[Si](C)(C)C1C=Cc2ccccc21.Cl.Cl.[Hf]. The van der Waals surface area contributed by atoms with Gasteiger partial charge >= 0.3 is 0 Å². The third kappa shape index (κ3) is 5.41. The summed E-state index contributed by atoms with van der Waals surface area (Å²) < 4.78 is 0. The summed E-state index contributed by atoms with van der Waals surface area (Å²) in [5, 5.41) is 0. The van der Waals surface area contributed by atoms with Gasteiger partial charge in [0.05, 0.1) is 0 Å². The summed E-state index contributed by atoms with van der Waals surface area (Å²) in [5.41, 5.74) is 3.69. The number of allylic oxidation sites excluding steroid dienone is 1. The van der Waals surface area contributed by atoms with Gasteiger partial charge in [0.25, 0.3) is 0 Å². The van der Waals surface area contributed by atoms with Gasteiger partial charge in [-0.2, -0.15) is 0 Å². The molecule has 1 aromatic rings. The summed E-state index contributed by atoms with van der Waals surface area (Å²) >= 11 is 0. The second-order valence-corrected chi connectivity index (χ2v) is 10.9. The minimum atomic E-state index is -1.49. The van der Waals surface area contributed by atoms with Crippen LogP contribution in [0.25, 0.3) is 6.08 Å². The average molecular weight is 497 g/mol. The van der Waals surface area contributed by atoms with Gasteiger partial charge in [-0.05, 0) is 31.9 Å². The number of benzene rings is 1. The smallest absolute Gasteiger partial charge is 0.131 e. The van der Waals surface area contributed by atoms with Gasteiger partial charge in [0.1, 0.15) is 8.24 Å². The Labute approximate surface area is 155 Å². The van der Waals surface area contributed by atoms with Crippen LogP contribution in [0.4, 0.5) is 0 Å². The zero-order valence-electron chi connectivity index (χ0n) is 12.9. The maximum atomic E-state index is 3.87. The first-order chi connectivity index (χ1) is 7.80. The quantitative estimate of drug-likeness (QED) is 0.582. The number of hydrogen-bond acceptors (Lipinski definition) is 1. The van der Waals surface area contributed by atoms with Crippen molar-refractivity contribution in [3.63, 3.8) is 0 Å². The molecule has 1 unspecified atom stereocenters. The first kappa shape index (κ1) is 22.9. The van der Waals surface area contributed by atoms with Crippen LogP contribution in [0.3, 0.4) is 0 Å². The van der Waals surface area contributed by atoms with Gasteiger partial charge in [-0.15, -0.1) is 24.8 Å². The van der Waals surface area contributed by atoms with E-state index in [1.54, 1.807) is 0 Å². The van der Waals surface area contributed by atoms with Gasteiger partial charge < -0.3 is 4.98 Å². The third-order valence-corrected chi connectivity index (χ3v) is 6.73.